The molecule has 0 bridgehead atoms. The highest BCUT2D eigenvalue weighted by Crippen LogP contribution is 2.22. The summed E-state index contributed by atoms with van der Waals surface area (Å²) in [6.45, 7) is 11.5. The molecule has 1 atom stereocenters. The van der Waals surface area contributed by atoms with Crippen LogP contribution in [0.4, 0.5) is 11.6 Å². The number of ether oxygens (including phenoxy) is 1. The van der Waals surface area contributed by atoms with E-state index < -0.39 is 0 Å². The van der Waals surface area contributed by atoms with Gasteiger partial charge in [0.2, 0.25) is 0 Å². The van der Waals surface area contributed by atoms with Crippen LogP contribution in [-0.4, -0.2) is 36.3 Å². The van der Waals surface area contributed by atoms with E-state index >= 15 is 0 Å². The lowest BCUT2D eigenvalue weighted by atomic mass is 10.1. The molecule has 0 aliphatic carbocycles. The highest BCUT2D eigenvalue weighted by molar-refractivity contribution is 5.48. The minimum absolute atomic E-state index is 0.0281. The molecular weight excluding hydrogens is 262 g/mol. The van der Waals surface area contributed by atoms with Gasteiger partial charge in [-0.25, -0.2) is 4.98 Å². The molecule has 1 aromatic rings. The minimum Gasteiger partial charge on any atom is -0.376 e. The third-order valence-electron chi connectivity index (χ3n) is 3.50. The Kier molecular flexibility index (Phi) is 5.45. The van der Waals surface area contributed by atoms with E-state index in [-0.39, 0.29) is 5.54 Å². The Bertz CT molecular complexity index is 442. The molecule has 1 saturated heterocycles. The summed E-state index contributed by atoms with van der Waals surface area (Å²) < 4.78 is 5.91. The first-order chi connectivity index (χ1) is 9.98. The molecule has 2 rings (SSSR count). The monoisotopic (exact) mass is 291 g/mol. The van der Waals surface area contributed by atoms with Crippen molar-refractivity contribution in [3.05, 3.63) is 18.2 Å². The second-order valence-corrected chi connectivity index (χ2v) is 6.84. The Morgan fingerprint density at radius 3 is 2.90 bits per heavy atom. The predicted octanol–water partition coefficient (Wildman–Crippen LogP) is 3.69. The lowest BCUT2D eigenvalue weighted by Crippen LogP contribution is -2.40. The number of anilines is 2. The normalized spacial score (nSPS) is 19.6. The summed E-state index contributed by atoms with van der Waals surface area (Å²) in [6.07, 6.45) is 3.77. The van der Waals surface area contributed by atoms with Gasteiger partial charge in [0.15, 0.2) is 0 Å². The zero-order valence-corrected chi connectivity index (χ0v) is 13.9. The SMILES string of the molecule is CCCOC1CCCN(c2cccc(NC(C)(C)C)n2)C1. The summed E-state index contributed by atoms with van der Waals surface area (Å²) in [4.78, 5) is 7.10. The van der Waals surface area contributed by atoms with Crippen LogP contribution in [0.1, 0.15) is 47.0 Å². The van der Waals surface area contributed by atoms with Gasteiger partial charge in [-0.3, -0.25) is 0 Å². The van der Waals surface area contributed by atoms with Crippen LogP contribution < -0.4 is 10.2 Å². The first-order valence-electron chi connectivity index (χ1n) is 8.10. The van der Waals surface area contributed by atoms with E-state index in [1.54, 1.807) is 0 Å². The standard InChI is InChI=1S/C17H29N3O/c1-5-12-21-14-8-7-11-20(13-14)16-10-6-9-15(18-16)19-17(2,3)4/h6,9-10,14H,5,7-8,11-13H2,1-4H3,(H,18,19). The van der Waals surface area contributed by atoms with E-state index in [1.807, 2.05) is 6.07 Å². The average Bonchev–Trinajstić information content (AvgIpc) is 2.44. The lowest BCUT2D eigenvalue weighted by molar-refractivity contribution is 0.0439. The predicted molar refractivity (Wildman–Crippen MR) is 89.1 cm³/mol. The fraction of sp³-hybridized carbons (Fsp3) is 0.706. The zero-order chi connectivity index (χ0) is 15.3. The second kappa shape index (κ2) is 7.12. The van der Waals surface area contributed by atoms with Gasteiger partial charge in [0.1, 0.15) is 11.6 Å². The molecule has 0 aromatic carbocycles. The topological polar surface area (TPSA) is 37.4 Å². The second-order valence-electron chi connectivity index (χ2n) is 6.84. The van der Waals surface area contributed by atoms with Crippen molar-refractivity contribution in [2.45, 2.75) is 58.6 Å². The number of pyridine rings is 1. The van der Waals surface area contributed by atoms with E-state index in [9.17, 15) is 0 Å². The van der Waals surface area contributed by atoms with Crippen LogP contribution in [0.2, 0.25) is 0 Å². The number of hydrogen-bond acceptors (Lipinski definition) is 4. The Labute approximate surface area is 128 Å². The molecular formula is C17H29N3O. The van der Waals surface area contributed by atoms with Crippen molar-refractivity contribution in [3.63, 3.8) is 0 Å². The van der Waals surface area contributed by atoms with Crippen molar-refractivity contribution in [1.29, 1.82) is 0 Å². The molecule has 1 aliphatic heterocycles. The maximum atomic E-state index is 5.91. The third kappa shape index (κ3) is 5.20. The van der Waals surface area contributed by atoms with E-state index in [1.165, 1.54) is 6.42 Å². The molecule has 1 aromatic heterocycles. The van der Waals surface area contributed by atoms with Crippen molar-refractivity contribution in [2.24, 2.45) is 0 Å². The van der Waals surface area contributed by atoms with Crippen molar-refractivity contribution in [2.75, 3.05) is 29.9 Å². The van der Waals surface area contributed by atoms with Gasteiger partial charge < -0.3 is 15.0 Å². The molecule has 0 spiro atoms. The smallest absolute Gasteiger partial charge is 0.131 e. The molecule has 118 valence electrons. The molecule has 4 nitrogen and oxygen atoms in total. The Hall–Kier alpha value is -1.29. The van der Waals surface area contributed by atoms with Crippen molar-refractivity contribution in [3.8, 4) is 0 Å². The zero-order valence-electron chi connectivity index (χ0n) is 13.9. The van der Waals surface area contributed by atoms with Gasteiger partial charge in [0, 0.05) is 25.2 Å². The molecule has 0 saturated carbocycles. The number of piperidine rings is 1. The van der Waals surface area contributed by atoms with Gasteiger partial charge in [-0.2, -0.15) is 0 Å². The summed E-state index contributed by atoms with van der Waals surface area (Å²) in [6, 6.07) is 6.20. The van der Waals surface area contributed by atoms with Crippen molar-refractivity contribution >= 4 is 11.6 Å². The first-order valence-corrected chi connectivity index (χ1v) is 8.10. The van der Waals surface area contributed by atoms with E-state index in [4.69, 9.17) is 9.72 Å². The number of rotatable bonds is 5. The Morgan fingerprint density at radius 2 is 2.19 bits per heavy atom. The molecule has 0 radical (unpaired) electrons. The lowest BCUT2D eigenvalue weighted by Gasteiger charge is -2.34. The van der Waals surface area contributed by atoms with E-state index in [0.717, 1.165) is 44.2 Å². The number of hydrogen-bond donors (Lipinski definition) is 1. The minimum atomic E-state index is 0.0281. The third-order valence-corrected chi connectivity index (χ3v) is 3.50. The molecule has 1 N–H and O–H groups in total. The number of nitrogens with zero attached hydrogens (tertiary/aromatic N) is 2. The van der Waals surface area contributed by atoms with Crippen molar-refractivity contribution < 1.29 is 4.74 Å². The van der Waals surface area contributed by atoms with Crippen LogP contribution in [-0.2, 0) is 4.74 Å². The first kappa shape index (κ1) is 16.1. The molecule has 0 amide bonds. The largest absolute Gasteiger partial charge is 0.376 e. The molecule has 2 heterocycles. The molecule has 4 heteroatoms. The maximum Gasteiger partial charge on any atom is 0.131 e. The Balaban J connectivity index is 2.02. The van der Waals surface area contributed by atoms with Crippen LogP contribution in [0.5, 0.6) is 0 Å². The Morgan fingerprint density at radius 1 is 1.38 bits per heavy atom. The molecule has 1 aliphatic rings. The van der Waals surface area contributed by atoms with Gasteiger partial charge in [-0.1, -0.05) is 13.0 Å². The van der Waals surface area contributed by atoms with Crippen molar-refractivity contribution in [1.82, 2.24) is 4.98 Å². The van der Waals surface area contributed by atoms with Gasteiger partial charge in [-0.05, 0) is 52.2 Å². The van der Waals surface area contributed by atoms with Crippen LogP contribution in [0.25, 0.3) is 0 Å². The van der Waals surface area contributed by atoms with Gasteiger partial charge in [-0.15, -0.1) is 0 Å². The van der Waals surface area contributed by atoms with E-state index in [0.29, 0.717) is 6.10 Å². The van der Waals surface area contributed by atoms with E-state index in [2.05, 4.69) is 50.0 Å². The molecule has 1 unspecified atom stereocenters. The summed E-state index contributed by atoms with van der Waals surface area (Å²) in [5.74, 6) is 1.99. The fourth-order valence-corrected chi connectivity index (χ4v) is 2.62. The quantitative estimate of drug-likeness (QED) is 0.898. The highest BCUT2D eigenvalue weighted by atomic mass is 16.5. The van der Waals surface area contributed by atoms with Gasteiger partial charge in [0.05, 0.1) is 6.10 Å². The average molecular weight is 291 g/mol. The fourth-order valence-electron chi connectivity index (χ4n) is 2.62. The summed E-state index contributed by atoms with van der Waals surface area (Å²) >= 11 is 0. The summed E-state index contributed by atoms with van der Waals surface area (Å²) in [5.41, 5.74) is 0.0281. The number of aromatic nitrogens is 1. The summed E-state index contributed by atoms with van der Waals surface area (Å²) in [5, 5.41) is 3.44. The van der Waals surface area contributed by atoms with Crippen LogP contribution in [0.3, 0.4) is 0 Å². The van der Waals surface area contributed by atoms with Crippen LogP contribution >= 0.6 is 0 Å². The van der Waals surface area contributed by atoms with Gasteiger partial charge >= 0.3 is 0 Å². The number of nitrogens with one attached hydrogen (secondary N) is 1. The maximum absolute atomic E-state index is 5.91. The van der Waals surface area contributed by atoms with Crippen LogP contribution in [0.15, 0.2) is 18.2 Å². The van der Waals surface area contributed by atoms with Gasteiger partial charge in [0.25, 0.3) is 0 Å². The summed E-state index contributed by atoms with van der Waals surface area (Å²) in [7, 11) is 0. The highest BCUT2D eigenvalue weighted by Gasteiger charge is 2.21. The van der Waals surface area contributed by atoms with Crippen LogP contribution in [0, 0.1) is 0 Å². The molecule has 21 heavy (non-hydrogen) atoms. The molecule has 1 fully saturated rings.